The van der Waals surface area contributed by atoms with Crippen molar-refractivity contribution in [2.75, 3.05) is 13.2 Å². The standard InChI is InChI=1S/C44H82O6/c1-4-7-10-13-16-19-21-23-25-28-31-34-37-43(46)49-40-41(39-48-42(45)36-33-30-27-18-15-12-9-6-3)50-44(47)38-35-32-29-26-24-22-20-17-14-11-8-5-2/h16,19,41H,4-15,17-18,20-40H2,1-3H3/b19-16-. The van der Waals surface area contributed by atoms with Crippen LogP contribution in [0.5, 0.6) is 0 Å². The summed E-state index contributed by atoms with van der Waals surface area (Å²) in [7, 11) is 0. The highest BCUT2D eigenvalue weighted by atomic mass is 16.6. The molecule has 0 bridgehead atoms. The van der Waals surface area contributed by atoms with E-state index in [0.29, 0.717) is 19.3 Å². The minimum atomic E-state index is -0.763. The molecule has 0 spiro atoms. The van der Waals surface area contributed by atoms with E-state index in [1.165, 1.54) is 128 Å². The Hall–Kier alpha value is -1.85. The second-order valence-electron chi connectivity index (χ2n) is 14.6. The molecule has 0 aromatic heterocycles. The Labute approximate surface area is 310 Å². The predicted octanol–water partition coefficient (Wildman–Crippen LogP) is 13.5. The van der Waals surface area contributed by atoms with E-state index in [1.807, 2.05) is 0 Å². The van der Waals surface area contributed by atoms with E-state index in [4.69, 9.17) is 14.2 Å². The second-order valence-corrected chi connectivity index (χ2v) is 14.6. The third-order valence-electron chi connectivity index (χ3n) is 9.52. The van der Waals surface area contributed by atoms with E-state index in [2.05, 4.69) is 32.9 Å². The molecule has 0 aliphatic heterocycles. The number of unbranched alkanes of at least 4 members (excludes halogenated alkanes) is 26. The van der Waals surface area contributed by atoms with Crippen molar-refractivity contribution in [3.8, 4) is 0 Å². The zero-order chi connectivity index (χ0) is 36.6. The van der Waals surface area contributed by atoms with Crippen molar-refractivity contribution in [1.82, 2.24) is 0 Å². The van der Waals surface area contributed by atoms with Crippen LogP contribution < -0.4 is 0 Å². The lowest BCUT2D eigenvalue weighted by atomic mass is 10.0. The first-order valence-corrected chi connectivity index (χ1v) is 21.7. The molecule has 0 aromatic carbocycles. The minimum Gasteiger partial charge on any atom is -0.462 e. The fraction of sp³-hybridized carbons (Fsp3) is 0.886. The first-order chi connectivity index (χ1) is 24.5. The van der Waals surface area contributed by atoms with Crippen LogP contribution in [-0.4, -0.2) is 37.2 Å². The molecule has 50 heavy (non-hydrogen) atoms. The lowest BCUT2D eigenvalue weighted by Gasteiger charge is -2.18. The quantitative estimate of drug-likeness (QED) is 0.0274. The van der Waals surface area contributed by atoms with Gasteiger partial charge in [-0.25, -0.2) is 0 Å². The van der Waals surface area contributed by atoms with Crippen LogP contribution in [0.3, 0.4) is 0 Å². The van der Waals surface area contributed by atoms with Gasteiger partial charge in [0.15, 0.2) is 6.10 Å². The van der Waals surface area contributed by atoms with Gasteiger partial charge in [-0.2, -0.15) is 0 Å². The van der Waals surface area contributed by atoms with Crippen molar-refractivity contribution >= 4 is 17.9 Å². The molecule has 294 valence electrons. The summed E-state index contributed by atoms with van der Waals surface area (Å²) in [4.78, 5) is 37.5. The topological polar surface area (TPSA) is 78.9 Å². The molecule has 6 heteroatoms. The van der Waals surface area contributed by atoms with Gasteiger partial charge in [-0.1, -0.05) is 181 Å². The zero-order valence-electron chi connectivity index (χ0n) is 33.4. The molecule has 1 unspecified atom stereocenters. The van der Waals surface area contributed by atoms with Crippen LogP contribution in [-0.2, 0) is 28.6 Å². The number of esters is 3. The van der Waals surface area contributed by atoms with Crippen molar-refractivity contribution in [2.45, 2.75) is 239 Å². The maximum absolute atomic E-state index is 12.7. The van der Waals surface area contributed by atoms with Gasteiger partial charge in [-0.15, -0.1) is 0 Å². The molecule has 0 amide bonds. The van der Waals surface area contributed by atoms with Gasteiger partial charge in [0.1, 0.15) is 13.2 Å². The molecule has 1 atom stereocenters. The van der Waals surface area contributed by atoms with Gasteiger partial charge in [-0.05, 0) is 44.9 Å². The summed E-state index contributed by atoms with van der Waals surface area (Å²) >= 11 is 0. The van der Waals surface area contributed by atoms with Crippen molar-refractivity contribution in [3.05, 3.63) is 12.2 Å². The highest BCUT2D eigenvalue weighted by molar-refractivity contribution is 5.71. The van der Waals surface area contributed by atoms with Crippen LogP contribution in [0.25, 0.3) is 0 Å². The number of hydrogen-bond donors (Lipinski definition) is 0. The van der Waals surface area contributed by atoms with Crippen molar-refractivity contribution < 1.29 is 28.6 Å². The first-order valence-electron chi connectivity index (χ1n) is 21.7. The average molecular weight is 707 g/mol. The second kappa shape index (κ2) is 39.9. The summed E-state index contributed by atoms with van der Waals surface area (Å²) in [5, 5.41) is 0. The summed E-state index contributed by atoms with van der Waals surface area (Å²) in [6, 6.07) is 0. The van der Waals surface area contributed by atoms with E-state index in [1.54, 1.807) is 0 Å². The molecular formula is C44H82O6. The van der Waals surface area contributed by atoms with Gasteiger partial charge < -0.3 is 14.2 Å². The monoisotopic (exact) mass is 707 g/mol. The van der Waals surface area contributed by atoms with Gasteiger partial charge in [-0.3, -0.25) is 14.4 Å². The lowest BCUT2D eigenvalue weighted by Crippen LogP contribution is -2.30. The number of rotatable bonds is 39. The number of ether oxygens (including phenoxy) is 3. The molecule has 0 fully saturated rings. The Kier molecular flexibility index (Phi) is 38.5. The maximum Gasteiger partial charge on any atom is 0.306 e. The molecule has 0 saturated carbocycles. The van der Waals surface area contributed by atoms with Crippen LogP contribution in [0.1, 0.15) is 233 Å². The van der Waals surface area contributed by atoms with Gasteiger partial charge in [0.2, 0.25) is 0 Å². The lowest BCUT2D eigenvalue weighted by molar-refractivity contribution is -0.167. The normalized spacial score (nSPS) is 12.0. The van der Waals surface area contributed by atoms with E-state index < -0.39 is 6.10 Å². The van der Waals surface area contributed by atoms with Crippen LogP contribution in [0, 0.1) is 0 Å². The zero-order valence-corrected chi connectivity index (χ0v) is 33.4. The van der Waals surface area contributed by atoms with Gasteiger partial charge >= 0.3 is 17.9 Å². The molecule has 0 radical (unpaired) electrons. The van der Waals surface area contributed by atoms with Gasteiger partial charge in [0.25, 0.3) is 0 Å². The smallest absolute Gasteiger partial charge is 0.306 e. The summed E-state index contributed by atoms with van der Waals surface area (Å²) in [6.45, 7) is 6.57. The maximum atomic E-state index is 12.7. The fourth-order valence-electron chi connectivity index (χ4n) is 6.20. The Balaban J connectivity index is 4.34. The van der Waals surface area contributed by atoms with Crippen molar-refractivity contribution in [2.24, 2.45) is 0 Å². The van der Waals surface area contributed by atoms with E-state index in [0.717, 1.165) is 64.2 Å². The number of hydrogen-bond acceptors (Lipinski definition) is 6. The summed E-state index contributed by atoms with van der Waals surface area (Å²) in [5.41, 5.74) is 0. The minimum absolute atomic E-state index is 0.0691. The third-order valence-corrected chi connectivity index (χ3v) is 9.52. The molecule has 0 rings (SSSR count). The van der Waals surface area contributed by atoms with Crippen LogP contribution in [0.2, 0.25) is 0 Å². The SMILES string of the molecule is CCCCC/C=C\CCCCCCCC(=O)OCC(COC(=O)CCCCCCCCCC)OC(=O)CCCCCCCCCCCCCC. The third kappa shape index (κ3) is 37.4. The number of carbonyl (C=O) groups excluding carboxylic acids is 3. The number of allylic oxidation sites excluding steroid dienone is 2. The molecule has 0 aliphatic carbocycles. The van der Waals surface area contributed by atoms with Crippen molar-refractivity contribution in [3.63, 3.8) is 0 Å². The molecule has 0 aromatic rings. The molecule has 0 heterocycles. The van der Waals surface area contributed by atoms with Crippen LogP contribution >= 0.6 is 0 Å². The molecule has 0 aliphatic rings. The summed E-state index contributed by atoms with van der Waals surface area (Å²) < 4.78 is 16.6. The highest BCUT2D eigenvalue weighted by Crippen LogP contribution is 2.14. The molecular weight excluding hydrogens is 624 g/mol. The Morgan fingerprint density at radius 1 is 0.380 bits per heavy atom. The van der Waals surface area contributed by atoms with E-state index >= 15 is 0 Å². The van der Waals surface area contributed by atoms with Gasteiger partial charge in [0, 0.05) is 19.3 Å². The van der Waals surface area contributed by atoms with E-state index in [9.17, 15) is 14.4 Å². The molecule has 0 N–H and O–H groups in total. The van der Waals surface area contributed by atoms with Crippen LogP contribution in [0.15, 0.2) is 12.2 Å². The highest BCUT2D eigenvalue weighted by Gasteiger charge is 2.19. The van der Waals surface area contributed by atoms with Crippen molar-refractivity contribution in [1.29, 1.82) is 0 Å². The molecule has 0 saturated heterocycles. The largest absolute Gasteiger partial charge is 0.462 e. The van der Waals surface area contributed by atoms with E-state index in [-0.39, 0.29) is 31.1 Å². The first kappa shape index (κ1) is 48.1. The Morgan fingerprint density at radius 3 is 1.04 bits per heavy atom. The average Bonchev–Trinajstić information content (AvgIpc) is 3.11. The summed E-state index contributed by atoms with van der Waals surface area (Å²) in [5.74, 6) is -0.878. The predicted molar refractivity (Wildman–Crippen MR) is 210 cm³/mol. The fourth-order valence-corrected chi connectivity index (χ4v) is 6.20. The van der Waals surface area contributed by atoms with Crippen LogP contribution in [0.4, 0.5) is 0 Å². The summed E-state index contributed by atoms with van der Waals surface area (Å²) in [6.07, 6.45) is 40.5. The Morgan fingerprint density at radius 2 is 0.660 bits per heavy atom. The van der Waals surface area contributed by atoms with Gasteiger partial charge in [0.05, 0.1) is 0 Å². The molecule has 6 nitrogen and oxygen atoms in total. The Bertz CT molecular complexity index is 778. The number of carbonyl (C=O) groups is 3.